The zero-order valence-corrected chi connectivity index (χ0v) is 8.42. The number of carbonyl (C=O) groups excluding carboxylic acids is 1. The minimum atomic E-state index is -0.0327. The molecule has 0 bridgehead atoms. The Labute approximate surface area is 79.5 Å². The molecule has 0 aliphatic heterocycles. The normalized spacial score (nSPS) is 13.0. The lowest BCUT2D eigenvalue weighted by molar-refractivity contribution is -0.122. The zero-order chi connectivity index (χ0) is 10.3. The molecule has 0 rings (SSSR count). The van der Waals surface area contributed by atoms with E-state index in [9.17, 15) is 4.79 Å². The smallest absolute Gasteiger partial charge is 0.221 e. The van der Waals surface area contributed by atoms with Gasteiger partial charge in [-0.05, 0) is 12.3 Å². The highest BCUT2D eigenvalue weighted by molar-refractivity contribution is 5.76. The molecule has 0 aromatic carbocycles. The molecule has 78 valence electrons. The third-order valence-corrected chi connectivity index (χ3v) is 1.96. The maximum absolute atomic E-state index is 11.2. The number of rotatable bonds is 6. The highest BCUT2D eigenvalue weighted by atomic mass is 16.3. The molecule has 4 nitrogen and oxygen atoms in total. The number of hydrogen-bond donors (Lipinski definition) is 3. The van der Waals surface area contributed by atoms with Gasteiger partial charge in [0.1, 0.15) is 0 Å². The molecule has 1 atom stereocenters. The first-order valence-electron chi connectivity index (χ1n) is 4.72. The summed E-state index contributed by atoms with van der Waals surface area (Å²) in [4.78, 5) is 11.2. The van der Waals surface area contributed by atoms with Crippen LogP contribution in [0.5, 0.6) is 0 Å². The Bertz CT molecular complexity index is 149. The number of aliphatic hydroxyl groups is 1. The average molecular weight is 188 g/mol. The lowest BCUT2D eigenvalue weighted by atomic mass is 10.0. The van der Waals surface area contributed by atoms with Crippen LogP contribution in [0.1, 0.15) is 26.7 Å². The number of nitrogens with two attached hydrogens (primary N) is 1. The quantitative estimate of drug-likeness (QED) is 0.543. The average Bonchev–Trinajstić information content (AvgIpc) is 2.04. The van der Waals surface area contributed by atoms with Gasteiger partial charge < -0.3 is 16.2 Å². The van der Waals surface area contributed by atoms with E-state index >= 15 is 0 Å². The van der Waals surface area contributed by atoms with Crippen LogP contribution in [0.15, 0.2) is 0 Å². The Morgan fingerprint density at radius 3 is 2.54 bits per heavy atom. The maximum Gasteiger partial charge on any atom is 0.221 e. The van der Waals surface area contributed by atoms with Crippen LogP contribution in [0.25, 0.3) is 0 Å². The third-order valence-electron chi connectivity index (χ3n) is 1.96. The lowest BCUT2D eigenvalue weighted by Gasteiger charge is -2.21. The maximum atomic E-state index is 11.2. The highest BCUT2D eigenvalue weighted by Crippen LogP contribution is 2.05. The fraction of sp³-hybridized carbons (Fsp3) is 0.889. The molecule has 0 aliphatic rings. The predicted molar refractivity (Wildman–Crippen MR) is 52.1 cm³/mol. The zero-order valence-electron chi connectivity index (χ0n) is 8.42. The van der Waals surface area contributed by atoms with Crippen LogP contribution in [-0.4, -0.2) is 30.2 Å². The van der Waals surface area contributed by atoms with E-state index in [2.05, 4.69) is 5.32 Å². The van der Waals surface area contributed by atoms with Gasteiger partial charge in [-0.2, -0.15) is 0 Å². The molecule has 0 spiro atoms. The van der Waals surface area contributed by atoms with Crippen molar-refractivity contribution < 1.29 is 9.90 Å². The van der Waals surface area contributed by atoms with Gasteiger partial charge in [0, 0.05) is 25.6 Å². The van der Waals surface area contributed by atoms with Crippen LogP contribution >= 0.6 is 0 Å². The molecule has 0 aliphatic carbocycles. The lowest BCUT2D eigenvalue weighted by Crippen LogP contribution is -2.39. The molecule has 0 fully saturated rings. The van der Waals surface area contributed by atoms with Gasteiger partial charge in [0.15, 0.2) is 0 Å². The van der Waals surface area contributed by atoms with Crippen molar-refractivity contribution in [2.45, 2.75) is 32.7 Å². The molecule has 13 heavy (non-hydrogen) atoms. The van der Waals surface area contributed by atoms with Crippen molar-refractivity contribution >= 4 is 5.91 Å². The SMILES string of the molecule is CC(C)C(CCO)NC(=O)CCN. The molecule has 4 N–H and O–H groups in total. The fourth-order valence-electron chi connectivity index (χ4n) is 1.12. The van der Waals surface area contributed by atoms with Gasteiger partial charge in [0.25, 0.3) is 0 Å². The van der Waals surface area contributed by atoms with Crippen LogP contribution in [0.3, 0.4) is 0 Å². The van der Waals surface area contributed by atoms with Crippen molar-refractivity contribution in [1.82, 2.24) is 5.32 Å². The second kappa shape index (κ2) is 6.86. The van der Waals surface area contributed by atoms with Gasteiger partial charge in [-0.15, -0.1) is 0 Å². The standard InChI is InChI=1S/C9H20N2O2/c1-7(2)8(4-6-12)11-9(13)3-5-10/h7-8,12H,3-6,10H2,1-2H3,(H,11,13). The molecular formula is C9H20N2O2. The Hall–Kier alpha value is -0.610. The van der Waals surface area contributed by atoms with Gasteiger partial charge in [-0.3, -0.25) is 4.79 Å². The number of aliphatic hydroxyl groups excluding tert-OH is 1. The highest BCUT2D eigenvalue weighted by Gasteiger charge is 2.14. The number of nitrogens with one attached hydrogen (secondary N) is 1. The Morgan fingerprint density at radius 2 is 2.15 bits per heavy atom. The summed E-state index contributed by atoms with van der Waals surface area (Å²) in [6, 6.07) is 0.0593. The van der Waals surface area contributed by atoms with Crippen molar-refractivity contribution in [2.24, 2.45) is 11.7 Å². The first kappa shape index (κ1) is 12.4. The minimum Gasteiger partial charge on any atom is -0.396 e. The summed E-state index contributed by atoms with van der Waals surface area (Å²) in [5, 5.41) is 11.6. The van der Waals surface area contributed by atoms with E-state index in [1.54, 1.807) is 0 Å². The summed E-state index contributed by atoms with van der Waals surface area (Å²) in [5.74, 6) is 0.309. The van der Waals surface area contributed by atoms with Crippen LogP contribution < -0.4 is 11.1 Å². The third kappa shape index (κ3) is 5.60. The van der Waals surface area contributed by atoms with E-state index in [-0.39, 0.29) is 18.6 Å². The molecule has 0 saturated heterocycles. The van der Waals surface area contributed by atoms with Gasteiger partial charge in [-0.25, -0.2) is 0 Å². The monoisotopic (exact) mass is 188 g/mol. The topological polar surface area (TPSA) is 75.3 Å². The second-order valence-electron chi connectivity index (χ2n) is 3.47. The molecule has 0 aromatic rings. The van der Waals surface area contributed by atoms with E-state index in [4.69, 9.17) is 10.8 Å². The second-order valence-corrected chi connectivity index (χ2v) is 3.47. The molecule has 4 heteroatoms. The Morgan fingerprint density at radius 1 is 1.54 bits per heavy atom. The van der Waals surface area contributed by atoms with Crippen molar-refractivity contribution in [1.29, 1.82) is 0 Å². The summed E-state index contributed by atoms with van der Waals surface area (Å²) in [6.45, 7) is 4.51. The molecule has 1 unspecified atom stereocenters. The van der Waals surface area contributed by atoms with Gasteiger partial charge in [0.05, 0.1) is 0 Å². The van der Waals surface area contributed by atoms with Crippen molar-refractivity contribution in [3.05, 3.63) is 0 Å². The van der Waals surface area contributed by atoms with Crippen LogP contribution in [0.4, 0.5) is 0 Å². The van der Waals surface area contributed by atoms with Gasteiger partial charge in [0.2, 0.25) is 5.91 Å². The molecular weight excluding hydrogens is 168 g/mol. The predicted octanol–water partition coefficient (Wildman–Crippen LogP) is -0.142. The van der Waals surface area contributed by atoms with Crippen LogP contribution in [0, 0.1) is 5.92 Å². The summed E-state index contributed by atoms with van der Waals surface area (Å²) in [7, 11) is 0. The molecule has 1 amide bonds. The molecule has 0 heterocycles. The van der Waals surface area contributed by atoms with E-state index in [1.807, 2.05) is 13.8 Å². The first-order chi connectivity index (χ1) is 6.11. The summed E-state index contributed by atoms with van der Waals surface area (Å²) < 4.78 is 0. The van der Waals surface area contributed by atoms with Crippen LogP contribution in [-0.2, 0) is 4.79 Å². The van der Waals surface area contributed by atoms with Crippen molar-refractivity contribution in [2.75, 3.05) is 13.2 Å². The van der Waals surface area contributed by atoms with Crippen molar-refractivity contribution in [3.63, 3.8) is 0 Å². The largest absolute Gasteiger partial charge is 0.396 e. The number of carbonyl (C=O) groups is 1. The summed E-state index contributed by atoms with van der Waals surface area (Å²) in [5.41, 5.74) is 5.24. The van der Waals surface area contributed by atoms with Crippen molar-refractivity contribution in [3.8, 4) is 0 Å². The fourth-order valence-corrected chi connectivity index (χ4v) is 1.12. The molecule has 0 aromatic heterocycles. The van der Waals surface area contributed by atoms with Crippen LogP contribution in [0.2, 0.25) is 0 Å². The van der Waals surface area contributed by atoms with E-state index in [0.29, 0.717) is 25.3 Å². The van der Waals surface area contributed by atoms with Gasteiger partial charge >= 0.3 is 0 Å². The Balaban J connectivity index is 3.86. The van der Waals surface area contributed by atoms with Gasteiger partial charge in [-0.1, -0.05) is 13.8 Å². The molecule has 0 saturated carbocycles. The first-order valence-corrected chi connectivity index (χ1v) is 4.72. The minimum absolute atomic E-state index is 0.0327. The number of amides is 1. The van der Waals surface area contributed by atoms with E-state index < -0.39 is 0 Å². The Kier molecular flexibility index (Phi) is 6.54. The number of hydrogen-bond acceptors (Lipinski definition) is 3. The summed E-state index contributed by atoms with van der Waals surface area (Å²) in [6.07, 6.45) is 0.961. The summed E-state index contributed by atoms with van der Waals surface area (Å²) >= 11 is 0. The van der Waals surface area contributed by atoms with E-state index in [1.165, 1.54) is 0 Å². The molecule has 0 radical (unpaired) electrons. The van der Waals surface area contributed by atoms with E-state index in [0.717, 1.165) is 0 Å².